The minimum atomic E-state index is -1.21. The lowest BCUT2D eigenvalue weighted by Crippen LogP contribution is -2.73. The summed E-state index contributed by atoms with van der Waals surface area (Å²) in [6, 6.07) is 69.1. The molecule has 1 spiro atoms. The zero-order chi connectivity index (χ0) is 53.9. The number of carbonyl (C=O) groups excluding carboxylic acids is 1. The minimum Gasteiger partial charge on any atom is -0.468 e. The Bertz CT molecular complexity index is 2850. The highest BCUT2D eigenvalue weighted by atomic mass is 32.2. The third-order valence-corrected chi connectivity index (χ3v) is 15.7. The van der Waals surface area contributed by atoms with E-state index in [4.69, 9.17) is 52.1 Å². The second-order valence-electron chi connectivity index (χ2n) is 19.8. The summed E-state index contributed by atoms with van der Waals surface area (Å²) >= 11 is 1.52. The normalized spacial score (nSPS) is 25.7. The van der Waals surface area contributed by atoms with Gasteiger partial charge in [0.2, 0.25) is 0 Å². The number of thioether (sulfide) groups is 1. The van der Waals surface area contributed by atoms with Crippen LogP contribution in [0.4, 0.5) is 0 Å². The molecule has 0 bridgehead atoms. The van der Waals surface area contributed by atoms with Gasteiger partial charge in [-0.05, 0) is 38.9 Å². The highest BCUT2D eigenvalue weighted by Gasteiger charge is 2.64. The summed E-state index contributed by atoms with van der Waals surface area (Å²) < 4.78 is 76.1. The molecule has 3 fully saturated rings. The Labute approximate surface area is 467 Å². The van der Waals surface area contributed by atoms with Crippen LogP contribution in [0, 0.1) is 0 Å². The molecule has 412 valence electrons. The van der Waals surface area contributed by atoms with Crippen LogP contribution in [0.2, 0.25) is 0 Å². The molecule has 11 atom stereocenters. The Morgan fingerprint density at radius 2 is 0.797 bits per heavy atom. The Kier molecular flexibility index (Phi) is 20.5. The molecule has 3 saturated heterocycles. The maximum atomic E-state index is 13.7. The van der Waals surface area contributed by atoms with Crippen LogP contribution in [-0.2, 0) is 103 Å². The van der Waals surface area contributed by atoms with Gasteiger partial charge in [0.1, 0.15) is 53.6 Å². The number of methoxy groups -OCH3 is 1. The number of benzene rings is 7. The average molecular weight is 1090 g/mol. The zero-order valence-corrected chi connectivity index (χ0v) is 45.2. The molecule has 79 heavy (non-hydrogen) atoms. The molecule has 3 heterocycles. The third kappa shape index (κ3) is 15.2. The fourth-order valence-electron chi connectivity index (χ4n) is 10.2. The maximum absolute atomic E-state index is 13.7. The van der Waals surface area contributed by atoms with Gasteiger partial charge in [-0.15, -0.1) is 11.8 Å². The van der Waals surface area contributed by atoms with Gasteiger partial charge in [-0.25, -0.2) is 0 Å². The van der Waals surface area contributed by atoms with Crippen LogP contribution in [0.25, 0.3) is 0 Å². The number of hydrogen-bond acceptors (Lipinski definition) is 14. The van der Waals surface area contributed by atoms with Crippen molar-refractivity contribution in [3.63, 3.8) is 0 Å². The van der Waals surface area contributed by atoms with Crippen molar-refractivity contribution in [3.05, 3.63) is 251 Å². The molecule has 0 radical (unpaired) electrons. The first-order chi connectivity index (χ1) is 39.0. The van der Waals surface area contributed by atoms with E-state index >= 15 is 0 Å². The minimum absolute atomic E-state index is 0.0835. The van der Waals surface area contributed by atoms with Crippen molar-refractivity contribution in [1.82, 2.24) is 5.32 Å². The first kappa shape index (κ1) is 56.2. The summed E-state index contributed by atoms with van der Waals surface area (Å²) in [5.41, 5.74) is 6.74. The highest BCUT2D eigenvalue weighted by Crippen LogP contribution is 2.48. The van der Waals surface area contributed by atoms with Gasteiger partial charge in [-0.3, -0.25) is 10.1 Å². The average Bonchev–Trinajstić information content (AvgIpc) is 4.15. The number of esters is 1. The molecule has 7 aromatic carbocycles. The van der Waals surface area contributed by atoms with Crippen LogP contribution < -0.4 is 5.32 Å². The van der Waals surface area contributed by atoms with Crippen LogP contribution in [-0.4, -0.2) is 98.3 Å². The van der Waals surface area contributed by atoms with Gasteiger partial charge in [-0.2, -0.15) is 0 Å². The molecule has 13 nitrogen and oxygen atoms in total. The monoisotopic (exact) mass is 1090 g/mol. The van der Waals surface area contributed by atoms with E-state index in [0.29, 0.717) is 19.0 Å². The van der Waals surface area contributed by atoms with Gasteiger partial charge >= 0.3 is 5.97 Å². The lowest BCUT2D eigenvalue weighted by molar-refractivity contribution is -0.387. The lowest BCUT2D eigenvalue weighted by atomic mass is 9.93. The molecule has 10 rings (SSSR count). The van der Waals surface area contributed by atoms with E-state index < -0.39 is 72.2 Å². The van der Waals surface area contributed by atoms with E-state index in [2.05, 4.69) is 5.32 Å². The second-order valence-corrected chi connectivity index (χ2v) is 21.1. The van der Waals surface area contributed by atoms with Gasteiger partial charge in [0.25, 0.3) is 0 Å². The Hall–Kier alpha value is -6.08. The number of nitrogens with one attached hydrogen (secondary N) is 1. The first-order valence-electron chi connectivity index (χ1n) is 27.0. The number of ether oxygens (including phenoxy) is 11. The third-order valence-electron chi connectivity index (χ3n) is 14.2. The van der Waals surface area contributed by atoms with Gasteiger partial charge < -0.3 is 52.1 Å². The molecular formula is C65H69NO12S. The summed E-state index contributed by atoms with van der Waals surface area (Å²) in [4.78, 5) is 12.5. The van der Waals surface area contributed by atoms with E-state index in [-0.39, 0.29) is 46.2 Å². The highest BCUT2D eigenvalue weighted by molar-refractivity contribution is 8.01. The predicted molar refractivity (Wildman–Crippen MR) is 300 cm³/mol. The van der Waals surface area contributed by atoms with Crippen molar-refractivity contribution in [3.8, 4) is 0 Å². The molecule has 0 amide bonds. The molecule has 0 unspecified atom stereocenters. The fourth-order valence-corrected chi connectivity index (χ4v) is 11.8. The van der Waals surface area contributed by atoms with Crippen molar-refractivity contribution in [2.24, 2.45) is 0 Å². The lowest BCUT2D eigenvalue weighted by Gasteiger charge is -2.53. The molecule has 3 aliphatic rings. The summed E-state index contributed by atoms with van der Waals surface area (Å²) in [6.07, 6.45) is -8.17. The van der Waals surface area contributed by atoms with Crippen LogP contribution in [0.5, 0.6) is 0 Å². The maximum Gasteiger partial charge on any atom is 0.323 e. The van der Waals surface area contributed by atoms with E-state index in [9.17, 15) is 4.79 Å². The number of carbonyl (C=O) groups is 1. The summed E-state index contributed by atoms with van der Waals surface area (Å²) in [5, 5.41) is 3.72. The molecule has 14 heteroatoms. The van der Waals surface area contributed by atoms with Crippen molar-refractivity contribution >= 4 is 17.7 Å². The van der Waals surface area contributed by atoms with E-state index in [0.717, 1.165) is 38.9 Å². The summed E-state index contributed by atoms with van der Waals surface area (Å²) in [5.74, 6) is -0.0793. The van der Waals surface area contributed by atoms with Crippen molar-refractivity contribution in [1.29, 1.82) is 0 Å². The first-order valence-corrected chi connectivity index (χ1v) is 28.0. The Morgan fingerprint density at radius 1 is 0.443 bits per heavy atom. The number of hydrogen-bond donors (Lipinski definition) is 1. The van der Waals surface area contributed by atoms with E-state index in [1.165, 1.54) is 18.9 Å². The quantitative estimate of drug-likeness (QED) is 0.0516. The number of rotatable bonds is 26. The van der Waals surface area contributed by atoms with E-state index in [1.54, 1.807) is 0 Å². The SMILES string of the molecule is COC(=O)[C@@H]1CS[C@@]2(N1)[C@@H](OCc1ccccc1)[C@H](O[C@H]1O[C@H](COCc3ccccc3)[C@@H](OCc3ccccc3)[C@H](OCc3ccccc3)[C@@H]1OCc1ccccc1)O[C@H](COCc1ccccc1)[C@@H]2OCc1ccccc1. The Balaban J connectivity index is 1.06. The molecule has 1 N–H and O–H groups in total. The molecule has 0 saturated carbocycles. The molecule has 7 aromatic rings. The fraction of sp³-hybridized carbons (Fsp3) is 0.338. The van der Waals surface area contributed by atoms with Crippen molar-refractivity contribution < 1.29 is 56.9 Å². The molecule has 0 aliphatic carbocycles. The van der Waals surface area contributed by atoms with Crippen LogP contribution >= 0.6 is 11.8 Å². The van der Waals surface area contributed by atoms with Crippen LogP contribution in [0.1, 0.15) is 38.9 Å². The van der Waals surface area contributed by atoms with E-state index in [1.807, 2.05) is 212 Å². The van der Waals surface area contributed by atoms with Crippen molar-refractivity contribution in [2.45, 2.75) is 112 Å². The molecule has 3 aliphatic heterocycles. The smallest absolute Gasteiger partial charge is 0.323 e. The largest absolute Gasteiger partial charge is 0.468 e. The zero-order valence-electron chi connectivity index (χ0n) is 44.4. The van der Waals surface area contributed by atoms with Crippen LogP contribution in [0.3, 0.4) is 0 Å². The topological polar surface area (TPSA) is 131 Å². The van der Waals surface area contributed by atoms with Gasteiger partial charge in [-0.1, -0.05) is 212 Å². The summed E-state index contributed by atoms with van der Waals surface area (Å²) in [7, 11) is 1.39. The summed E-state index contributed by atoms with van der Waals surface area (Å²) in [6.45, 7) is 1.89. The second kappa shape index (κ2) is 28.9. The standard InChI is InChI=1S/C65H69NO12S/c1-68-62(67)54-46-79-65(66-54)60(74-42-52-33-19-7-20-34-52)56(45-70-38-48-25-11-3-12-26-48)77-64(61(65)75-43-53-35-21-8-22-36-53)78-63-59(73-41-51-31-17-6-18-32-51)58(72-40-50-29-15-5-16-30-50)57(71-39-49-27-13-4-14-28-49)55(76-63)44-69-37-47-23-9-2-10-24-47/h2-36,54-61,63-64,66H,37-46H2,1H3/t54-,55+,56+,57+,58-,59-,60-,61-,63+,64-,65+/m0/s1. The van der Waals surface area contributed by atoms with Crippen molar-refractivity contribution in [2.75, 3.05) is 26.1 Å². The Morgan fingerprint density at radius 3 is 1.23 bits per heavy atom. The van der Waals surface area contributed by atoms with Gasteiger partial charge in [0.05, 0.1) is 66.6 Å². The molecular weight excluding hydrogens is 1020 g/mol. The predicted octanol–water partition coefficient (Wildman–Crippen LogP) is 10.4. The van der Waals surface area contributed by atoms with Gasteiger partial charge in [0, 0.05) is 5.75 Å². The van der Waals surface area contributed by atoms with Gasteiger partial charge in [0.15, 0.2) is 12.6 Å². The molecule has 0 aromatic heterocycles. The van der Waals surface area contributed by atoms with Crippen LogP contribution in [0.15, 0.2) is 212 Å².